The van der Waals surface area contributed by atoms with Gasteiger partial charge in [-0.3, -0.25) is 5.41 Å². The molecule has 0 unspecified atom stereocenters. The molecule has 0 radical (unpaired) electrons. The molecule has 0 fully saturated rings. The van der Waals surface area contributed by atoms with E-state index >= 15 is 0 Å². The van der Waals surface area contributed by atoms with Gasteiger partial charge in [0.2, 0.25) is 0 Å². The average molecular weight is 220 g/mol. The van der Waals surface area contributed by atoms with Gasteiger partial charge in [-0.15, -0.1) is 0 Å². The zero-order valence-corrected chi connectivity index (χ0v) is 9.61. The summed E-state index contributed by atoms with van der Waals surface area (Å²) in [5, 5.41) is 7.05. The summed E-state index contributed by atoms with van der Waals surface area (Å²) in [5.74, 6) is 0.243. The lowest BCUT2D eigenvalue weighted by molar-refractivity contribution is 0.131. The number of nitrogens with two attached hydrogens (primary N) is 1. The molecule has 0 spiro atoms. The van der Waals surface area contributed by atoms with E-state index in [1.54, 1.807) is 0 Å². The lowest BCUT2D eigenvalue weighted by Gasteiger charge is -2.04. The molecule has 0 aliphatic heterocycles. The maximum absolute atomic E-state index is 7.05. The van der Waals surface area contributed by atoms with Crippen LogP contribution in [0, 0.1) is 5.41 Å². The Morgan fingerprint density at radius 2 is 1.81 bits per heavy atom. The minimum atomic E-state index is 0.243. The van der Waals surface area contributed by atoms with E-state index in [0.29, 0.717) is 13.0 Å². The lowest BCUT2D eigenvalue weighted by atomic mass is 10.1. The first-order chi connectivity index (χ1) is 7.79. The Hall–Kier alpha value is -1.35. The van der Waals surface area contributed by atoms with Crippen molar-refractivity contribution in [1.82, 2.24) is 0 Å². The molecule has 0 heterocycles. The summed E-state index contributed by atoms with van der Waals surface area (Å²) < 4.78 is 5.45. The summed E-state index contributed by atoms with van der Waals surface area (Å²) in [4.78, 5) is 0. The molecule has 0 aliphatic rings. The molecule has 0 aromatic heterocycles. The van der Waals surface area contributed by atoms with Crippen molar-refractivity contribution >= 4 is 5.84 Å². The summed E-state index contributed by atoms with van der Waals surface area (Å²) in [6.07, 6.45) is 3.59. The third-order valence-electron chi connectivity index (χ3n) is 2.33. The number of amidine groups is 1. The van der Waals surface area contributed by atoms with Crippen LogP contribution in [0.1, 0.15) is 24.8 Å². The van der Waals surface area contributed by atoms with Crippen molar-refractivity contribution in [2.45, 2.75) is 25.7 Å². The topological polar surface area (TPSA) is 59.1 Å². The molecule has 88 valence electrons. The second kappa shape index (κ2) is 7.88. The molecule has 16 heavy (non-hydrogen) atoms. The van der Waals surface area contributed by atoms with Gasteiger partial charge >= 0.3 is 0 Å². The number of nitrogens with one attached hydrogen (secondary N) is 1. The van der Waals surface area contributed by atoms with Crippen LogP contribution in [0.3, 0.4) is 0 Å². The minimum Gasteiger partial charge on any atom is -0.388 e. The van der Waals surface area contributed by atoms with E-state index in [4.69, 9.17) is 15.9 Å². The molecule has 0 bridgehead atoms. The minimum absolute atomic E-state index is 0.243. The first-order valence-electron chi connectivity index (χ1n) is 5.73. The zero-order valence-electron chi connectivity index (χ0n) is 9.61. The van der Waals surface area contributed by atoms with Crippen molar-refractivity contribution in [1.29, 1.82) is 5.41 Å². The molecule has 0 saturated heterocycles. The van der Waals surface area contributed by atoms with Gasteiger partial charge in [0.25, 0.3) is 0 Å². The number of ether oxygens (including phenoxy) is 1. The quantitative estimate of drug-likeness (QED) is 0.401. The monoisotopic (exact) mass is 220 g/mol. The molecule has 0 saturated carbocycles. The predicted molar refractivity (Wildman–Crippen MR) is 66.7 cm³/mol. The molecular formula is C13H20N2O. The Labute approximate surface area is 97.1 Å². The van der Waals surface area contributed by atoms with Crippen LogP contribution in [0.25, 0.3) is 0 Å². The summed E-state index contributed by atoms with van der Waals surface area (Å²) in [6, 6.07) is 10.4. The average Bonchev–Trinajstić information content (AvgIpc) is 2.29. The molecular weight excluding hydrogens is 200 g/mol. The van der Waals surface area contributed by atoms with Gasteiger partial charge in [0.1, 0.15) is 0 Å². The Bertz CT molecular complexity index is 298. The first-order valence-corrected chi connectivity index (χ1v) is 5.73. The smallest absolute Gasteiger partial charge is 0.0906 e. The van der Waals surface area contributed by atoms with E-state index in [1.165, 1.54) is 5.56 Å². The molecule has 1 rings (SSSR count). The van der Waals surface area contributed by atoms with Gasteiger partial charge in [-0.1, -0.05) is 30.3 Å². The number of rotatable bonds is 8. The molecule has 1 aromatic carbocycles. The van der Waals surface area contributed by atoms with Gasteiger partial charge < -0.3 is 10.5 Å². The van der Waals surface area contributed by atoms with Crippen LogP contribution in [0.4, 0.5) is 0 Å². The SMILES string of the molecule is N=C(N)CCCOCCCc1ccccc1. The van der Waals surface area contributed by atoms with Gasteiger partial charge in [-0.2, -0.15) is 0 Å². The maximum Gasteiger partial charge on any atom is 0.0906 e. The van der Waals surface area contributed by atoms with E-state index in [0.717, 1.165) is 25.9 Å². The lowest BCUT2D eigenvalue weighted by Crippen LogP contribution is -2.10. The van der Waals surface area contributed by atoms with Crippen LogP contribution in [0.2, 0.25) is 0 Å². The Morgan fingerprint density at radius 1 is 1.12 bits per heavy atom. The van der Waals surface area contributed by atoms with Crippen LogP contribution in [-0.2, 0) is 11.2 Å². The van der Waals surface area contributed by atoms with Gasteiger partial charge in [0.15, 0.2) is 0 Å². The fraction of sp³-hybridized carbons (Fsp3) is 0.462. The van der Waals surface area contributed by atoms with Crippen molar-refractivity contribution < 1.29 is 4.74 Å². The molecule has 3 N–H and O–H groups in total. The zero-order chi connectivity index (χ0) is 11.6. The third kappa shape index (κ3) is 6.19. The highest BCUT2D eigenvalue weighted by molar-refractivity contribution is 5.76. The highest BCUT2D eigenvalue weighted by Gasteiger charge is 1.94. The van der Waals surface area contributed by atoms with E-state index < -0.39 is 0 Å². The number of benzene rings is 1. The molecule has 3 heteroatoms. The van der Waals surface area contributed by atoms with Gasteiger partial charge in [-0.25, -0.2) is 0 Å². The molecule has 1 aromatic rings. The summed E-state index contributed by atoms with van der Waals surface area (Å²) in [6.45, 7) is 1.49. The second-order valence-electron chi connectivity index (χ2n) is 3.83. The van der Waals surface area contributed by atoms with Gasteiger partial charge in [0.05, 0.1) is 5.84 Å². The first kappa shape index (κ1) is 12.7. The Balaban J connectivity index is 1.94. The number of hydrogen-bond donors (Lipinski definition) is 2. The maximum atomic E-state index is 7.05. The molecule has 0 amide bonds. The van der Waals surface area contributed by atoms with Crippen molar-refractivity contribution in [3.63, 3.8) is 0 Å². The van der Waals surface area contributed by atoms with Crippen LogP contribution in [0.15, 0.2) is 30.3 Å². The molecule has 0 aliphatic carbocycles. The van der Waals surface area contributed by atoms with Gasteiger partial charge in [-0.05, 0) is 24.8 Å². The standard InChI is InChI=1S/C13H20N2O/c14-13(15)9-5-11-16-10-4-8-12-6-2-1-3-7-12/h1-3,6-7H,4-5,8-11H2,(H3,14,15). The number of hydrogen-bond acceptors (Lipinski definition) is 2. The van der Waals surface area contributed by atoms with Crippen LogP contribution >= 0.6 is 0 Å². The highest BCUT2D eigenvalue weighted by Crippen LogP contribution is 2.02. The van der Waals surface area contributed by atoms with Crippen molar-refractivity contribution in [3.8, 4) is 0 Å². The van der Waals surface area contributed by atoms with Crippen LogP contribution in [0.5, 0.6) is 0 Å². The largest absolute Gasteiger partial charge is 0.388 e. The van der Waals surface area contributed by atoms with Crippen LogP contribution in [-0.4, -0.2) is 19.0 Å². The van der Waals surface area contributed by atoms with E-state index in [9.17, 15) is 0 Å². The van der Waals surface area contributed by atoms with E-state index in [2.05, 4.69) is 24.3 Å². The normalized spacial score (nSPS) is 10.2. The third-order valence-corrected chi connectivity index (χ3v) is 2.33. The molecule has 0 atom stereocenters. The molecule has 3 nitrogen and oxygen atoms in total. The highest BCUT2D eigenvalue weighted by atomic mass is 16.5. The Morgan fingerprint density at radius 3 is 2.50 bits per heavy atom. The van der Waals surface area contributed by atoms with Crippen molar-refractivity contribution in [2.75, 3.05) is 13.2 Å². The summed E-state index contributed by atoms with van der Waals surface area (Å²) in [5.41, 5.74) is 6.59. The second-order valence-corrected chi connectivity index (χ2v) is 3.83. The van der Waals surface area contributed by atoms with Gasteiger partial charge in [0, 0.05) is 19.6 Å². The summed E-state index contributed by atoms with van der Waals surface area (Å²) >= 11 is 0. The van der Waals surface area contributed by atoms with Crippen molar-refractivity contribution in [3.05, 3.63) is 35.9 Å². The fourth-order valence-electron chi connectivity index (χ4n) is 1.49. The Kier molecular flexibility index (Phi) is 6.26. The fourth-order valence-corrected chi connectivity index (χ4v) is 1.49. The number of aryl methyl sites for hydroxylation is 1. The van der Waals surface area contributed by atoms with E-state index in [1.807, 2.05) is 6.07 Å². The van der Waals surface area contributed by atoms with Crippen LogP contribution < -0.4 is 5.73 Å². The van der Waals surface area contributed by atoms with E-state index in [-0.39, 0.29) is 5.84 Å². The van der Waals surface area contributed by atoms with Crippen molar-refractivity contribution in [2.24, 2.45) is 5.73 Å². The summed E-state index contributed by atoms with van der Waals surface area (Å²) in [7, 11) is 0. The predicted octanol–water partition coefficient (Wildman–Crippen LogP) is 2.35.